The maximum atomic E-state index is 12.5. The van der Waals surface area contributed by atoms with Crippen molar-refractivity contribution in [2.45, 2.75) is 39.3 Å². The van der Waals surface area contributed by atoms with Gasteiger partial charge in [-0.15, -0.1) is 0 Å². The van der Waals surface area contributed by atoms with Gasteiger partial charge in [-0.05, 0) is 30.0 Å². The lowest BCUT2D eigenvalue weighted by Crippen LogP contribution is -2.48. The monoisotopic (exact) mass is 373 g/mol. The molecule has 1 aromatic carbocycles. The molecule has 27 heavy (non-hydrogen) atoms. The van der Waals surface area contributed by atoms with E-state index >= 15 is 0 Å². The summed E-state index contributed by atoms with van der Waals surface area (Å²) in [6.07, 6.45) is 1.59. The second-order valence-corrected chi connectivity index (χ2v) is 7.98. The van der Waals surface area contributed by atoms with Crippen LogP contribution in [0.1, 0.15) is 42.6 Å². The highest BCUT2D eigenvalue weighted by Crippen LogP contribution is 2.15. The van der Waals surface area contributed by atoms with Crippen LogP contribution in [0.25, 0.3) is 0 Å². The van der Waals surface area contributed by atoms with E-state index in [0.29, 0.717) is 37.6 Å². The Morgan fingerprint density at radius 3 is 2.93 bits per heavy atom. The lowest BCUT2D eigenvalue weighted by atomic mass is 10.1. The van der Waals surface area contributed by atoms with E-state index in [-0.39, 0.29) is 17.9 Å². The molecule has 1 unspecified atom stereocenters. The Balaban J connectivity index is 1.50. The third kappa shape index (κ3) is 5.78. The maximum absolute atomic E-state index is 12.5. The second kappa shape index (κ2) is 9.33. The Labute approximate surface area is 161 Å². The van der Waals surface area contributed by atoms with Crippen molar-refractivity contribution in [2.75, 3.05) is 39.3 Å². The predicted molar refractivity (Wildman–Crippen MR) is 104 cm³/mol. The van der Waals surface area contributed by atoms with Crippen LogP contribution in [0.4, 0.5) is 0 Å². The minimum absolute atomic E-state index is 0.0341. The molecule has 6 nitrogen and oxygen atoms in total. The average molecular weight is 373 g/mol. The summed E-state index contributed by atoms with van der Waals surface area (Å²) in [5.41, 5.74) is 1.63. The number of morpholine rings is 1. The summed E-state index contributed by atoms with van der Waals surface area (Å²) >= 11 is 0. The molecular weight excluding hydrogens is 342 g/mol. The molecule has 2 aliphatic rings. The zero-order valence-corrected chi connectivity index (χ0v) is 16.4. The van der Waals surface area contributed by atoms with E-state index in [1.165, 1.54) is 0 Å². The summed E-state index contributed by atoms with van der Waals surface area (Å²) in [5, 5.41) is 3.00. The number of ether oxygens (including phenoxy) is 1. The van der Waals surface area contributed by atoms with Crippen LogP contribution < -0.4 is 5.32 Å². The van der Waals surface area contributed by atoms with E-state index in [0.717, 1.165) is 38.2 Å². The van der Waals surface area contributed by atoms with Crippen molar-refractivity contribution in [2.24, 2.45) is 5.92 Å². The van der Waals surface area contributed by atoms with Crippen molar-refractivity contribution in [3.63, 3.8) is 0 Å². The molecular formula is C21H31N3O3. The van der Waals surface area contributed by atoms with Crippen LogP contribution in [-0.4, -0.2) is 67.0 Å². The van der Waals surface area contributed by atoms with Crippen molar-refractivity contribution >= 4 is 11.8 Å². The Hall–Kier alpha value is -1.92. The molecule has 3 rings (SSSR count). The van der Waals surface area contributed by atoms with Gasteiger partial charge in [-0.2, -0.15) is 0 Å². The number of benzene rings is 1. The largest absolute Gasteiger partial charge is 0.374 e. The van der Waals surface area contributed by atoms with E-state index in [1.807, 2.05) is 29.2 Å². The summed E-state index contributed by atoms with van der Waals surface area (Å²) in [5.74, 6) is 0.739. The second-order valence-electron chi connectivity index (χ2n) is 7.98. The van der Waals surface area contributed by atoms with E-state index in [2.05, 4.69) is 24.1 Å². The topological polar surface area (TPSA) is 61.9 Å². The number of likely N-dealkylation sites (tertiary alicyclic amines) is 1. The molecule has 2 heterocycles. The van der Waals surface area contributed by atoms with Gasteiger partial charge < -0.3 is 15.0 Å². The molecule has 0 spiro atoms. The highest BCUT2D eigenvalue weighted by molar-refractivity contribution is 5.94. The molecule has 1 N–H and O–H groups in total. The fraction of sp³-hybridized carbons (Fsp3) is 0.619. The van der Waals surface area contributed by atoms with Gasteiger partial charge in [0.05, 0.1) is 12.7 Å². The molecule has 6 heteroatoms. The summed E-state index contributed by atoms with van der Waals surface area (Å²) in [7, 11) is 0. The van der Waals surface area contributed by atoms with Crippen LogP contribution in [0.2, 0.25) is 0 Å². The number of amides is 2. The number of carbonyl (C=O) groups is 2. The first-order valence-electron chi connectivity index (χ1n) is 10.00. The Bertz CT molecular complexity index is 662. The molecule has 0 radical (unpaired) electrons. The lowest BCUT2D eigenvalue weighted by molar-refractivity contribution is -0.128. The van der Waals surface area contributed by atoms with Crippen LogP contribution in [0.15, 0.2) is 24.3 Å². The van der Waals surface area contributed by atoms with Crippen molar-refractivity contribution in [3.05, 3.63) is 35.4 Å². The number of carbonyl (C=O) groups excluding carboxylic acids is 2. The zero-order chi connectivity index (χ0) is 19.2. The first-order chi connectivity index (χ1) is 13.0. The molecule has 2 fully saturated rings. The lowest BCUT2D eigenvalue weighted by Gasteiger charge is -2.33. The molecule has 2 saturated heterocycles. The molecule has 0 saturated carbocycles. The van der Waals surface area contributed by atoms with Crippen molar-refractivity contribution in [1.29, 1.82) is 0 Å². The van der Waals surface area contributed by atoms with Crippen LogP contribution in [0, 0.1) is 5.92 Å². The highest BCUT2D eigenvalue weighted by atomic mass is 16.5. The Morgan fingerprint density at radius 2 is 2.19 bits per heavy atom. The first-order valence-corrected chi connectivity index (χ1v) is 10.00. The van der Waals surface area contributed by atoms with Crippen molar-refractivity contribution in [3.8, 4) is 0 Å². The quantitative estimate of drug-likeness (QED) is 0.793. The number of nitrogens with zero attached hydrogens (tertiary/aromatic N) is 2. The SMILES string of the molecule is CC(C)CN1CCOC(CNC(=O)c2cccc(CN3CCCC3=O)c2)C1. The number of hydrogen-bond acceptors (Lipinski definition) is 4. The Morgan fingerprint density at radius 1 is 1.33 bits per heavy atom. The number of hydrogen-bond donors (Lipinski definition) is 1. The third-order valence-electron chi connectivity index (χ3n) is 5.07. The number of nitrogens with one attached hydrogen (secondary N) is 1. The van der Waals surface area contributed by atoms with Gasteiger partial charge in [0.25, 0.3) is 5.91 Å². The van der Waals surface area contributed by atoms with Crippen LogP contribution >= 0.6 is 0 Å². The molecule has 1 atom stereocenters. The molecule has 2 aliphatic heterocycles. The van der Waals surface area contributed by atoms with Gasteiger partial charge >= 0.3 is 0 Å². The molecule has 148 valence electrons. The molecule has 0 aromatic heterocycles. The van der Waals surface area contributed by atoms with Gasteiger partial charge in [-0.3, -0.25) is 14.5 Å². The van der Waals surface area contributed by atoms with Gasteiger partial charge in [-0.25, -0.2) is 0 Å². The zero-order valence-electron chi connectivity index (χ0n) is 16.4. The van der Waals surface area contributed by atoms with Crippen LogP contribution in [-0.2, 0) is 16.1 Å². The molecule has 0 aliphatic carbocycles. The van der Waals surface area contributed by atoms with E-state index < -0.39 is 0 Å². The fourth-order valence-electron chi connectivity index (χ4n) is 3.80. The smallest absolute Gasteiger partial charge is 0.251 e. The van der Waals surface area contributed by atoms with Crippen LogP contribution in [0.3, 0.4) is 0 Å². The maximum Gasteiger partial charge on any atom is 0.251 e. The average Bonchev–Trinajstić information content (AvgIpc) is 3.04. The Kier molecular flexibility index (Phi) is 6.85. The predicted octanol–water partition coefficient (Wildman–Crippen LogP) is 1.90. The van der Waals surface area contributed by atoms with Gasteiger partial charge in [-0.1, -0.05) is 26.0 Å². The van der Waals surface area contributed by atoms with Crippen molar-refractivity contribution < 1.29 is 14.3 Å². The van der Waals surface area contributed by atoms with Crippen LogP contribution in [0.5, 0.6) is 0 Å². The van der Waals surface area contributed by atoms with E-state index in [4.69, 9.17) is 4.74 Å². The van der Waals surface area contributed by atoms with Crippen molar-refractivity contribution in [1.82, 2.24) is 15.1 Å². The molecule has 1 aromatic rings. The summed E-state index contributed by atoms with van der Waals surface area (Å²) in [6.45, 7) is 9.93. The minimum atomic E-state index is -0.0887. The third-order valence-corrected chi connectivity index (χ3v) is 5.07. The fourth-order valence-corrected chi connectivity index (χ4v) is 3.80. The van der Waals surface area contributed by atoms with Gasteiger partial charge in [0.15, 0.2) is 0 Å². The first kappa shape index (κ1) is 19.8. The molecule has 0 bridgehead atoms. The summed E-state index contributed by atoms with van der Waals surface area (Å²) in [4.78, 5) is 28.6. The van der Waals surface area contributed by atoms with Gasteiger partial charge in [0.2, 0.25) is 5.91 Å². The normalized spacial score (nSPS) is 21.1. The molecule has 2 amide bonds. The standard InChI is InChI=1S/C21H31N3O3/c1-16(2)13-23-9-10-27-19(15-23)12-22-21(26)18-6-3-5-17(11-18)14-24-8-4-7-20(24)25/h3,5-6,11,16,19H,4,7-10,12-15H2,1-2H3,(H,22,26). The summed E-state index contributed by atoms with van der Waals surface area (Å²) in [6, 6.07) is 7.55. The van der Waals surface area contributed by atoms with E-state index in [9.17, 15) is 9.59 Å². The minimum Gasteiger partial charge on any atom is -0.374 e. The van der Waals surface area contributed by atoms with Gasteiger partial charge in [0.1, 0.15) is 0 Å². The van der Waals surface area contributed by atoms with Gasteiger partial charge in [0, 0.05) is 51.3 Å². The number of rotatable bonds is 7. The summed E-state index contributed by atoms with van der Waals surface area (Å²) < 4.78 is 5.80. The highest BCUT2D eigenvalue weighted by Gasteiger charge is 2.22. The van der Waals surface area contributed by atoms with E-state index in [1.54, 1.807) is 0 Å².